The zero-order chi connectivity index (χ0) is 14.0. The second-order valence-corrected chi connectivity index (χ2v) is 3.11. The summed E-state index contributed by atoms with van der Waals surface area (Å²) in [7, 11) is 1.36. The molecule has 0 heterocycles. The lowest BCUT2D eigenvalue weighted by atomic mass is 10.1. The van der Waals surface area contributed by atoms with Crippen LogP contribution in [-0.4, -0.2) is 24.8 Å². The Bertz CT molecular complexity index is 377. The summed E-state index contributed by atoms with van der Waals surface area (Å²) in [6.07, 6.45) is 1.58. The van der Waals surface area contributed by atoms with Crippen molar-refractivity contribution in [1.82, 2.24) is 5.01 Å². The summed E-state index contributed by atoms with van der Waals surface area (Å²) in [5.74, 6) is -0.339. The molecule has 0 radical (unpaired) electrons. The first kappa shape index (κ1) is 15.9. The number of esters is 1. The van der Waals surface area contributed by atoms with Crippen molar-refractivity contribution >= 4 is 12.7 Å². The van der Waals surface area contributed by atoms with Crippen LogP contribution in [0.25, 0.3) is 0 Å². The maximum absolute atomic E-state index is 11.2. The Morgan fingerprint density at radius 2 is 1.94 bits per heavy atom. The molecule has 0 aliphatic heterocycles. The first-order valence-electron chi connectivity index (χ1n) is 5.74. The molecule has 0 aliphatic rings. The highest BCUT2D eigenvalue weighted by Crippen LogP contribution is 2.08. The van der Waals surface area contributed by atoms with Crippen LogP contribution in [0.5, 0.6) is 0 Å². The summed E-state index contributed by atoms with van der Waals surface area (Å²) in [4.78, 5) is 11.2. The topological polar surface area (TPSA) is 41.9 Å². The Morgan fingerprint density at radius 3 is 2.33 bits per heavy atom. The predicted octanol–water partition coefficient (Wildman–Crippen LogP) is 3.06. The SMILES string of the molecule is C=CN(Cc1ccc(C(=O)OC)cc1)N=C.CC. The van der Waals surface area contributed by atoms with Gasteiger partial charge in [0.2, 0.25) is 0 Å². The molecule has 4 heteroatoms. The monoisotopic (exact) mass is 248 g/mol. The van der Waals surface area contributed by atoms with E-state index in [4.69, 9.17) is 0 Å². The molecule has 0 saturated carbocycles. The zero-order valence-corrected chi connectivity index (χ0v) is 11.2. The second kappa shape index (κ2) is 8.98. The van der Waals surface area contributed by atoms with Crippen molar-refractivity contribution in [1.29, 1.82) is 0 Å². The second-order valence-electron chi connectivity index (χ2n) is 3.11. The number of hydrogen-bond acceptors (Lipinski definition) is 4. The molecule has 18 heavy (non-hydrogen) atoms. The molecule has 0 unspecified atom stereocenters. The van der Waals surface area contributed by atoms with Crippen molar-refractivity contribution < 1.29 is 9.53 Å². The smallest absolute Gasteiger partial charge is 0.337 e. The zero-order valence-electron chi connectivity index (χ0n) is 11.2. The highest BCUT2D eigenvalue weighted by molar-refractivity contribution is 5.89. The summed E-state index contributed by atoms with van der Waals surface area (Å²) in [5, 5.41) is 5.35. The van der Waals surface area contributed by atoms with Crippen LogP contribution < -0.4 is 0 Å². The minimum atomic E-state index is -0.339. The summed E-state index contributed by atoms with van der Waals surface area (Å²) in [6, 6.07) is 7.11. The van der Waals surface area contributed by atoms with Gasteiger partial charge in [-0.2, -0.15) is 5.10 Å². The van der Waals surface area contributed by atoms with Gasteiger partial charge in [-0.1, -0.05) is 32.6 Å². The van der Waals surface area contributed by atoms with Gasteiger partial charge in [0.15, 0.2) is 0 Å². The Labute approximate surface area is 109 Å². The van der Waals surface area contributed by atoms with Crippen molar-refractivity contribution in [3.63, 3.8) is 0 Å². The van der Waals surface area contributed by atoms with Gasteiger partial charge in [-0.25, -0.2) is 4.79 Å². The fourth-order valence-electron chi connectivity index (χ4n) is 1.22. The maximum Gasteiger partial charge on any atom is 0.337 e. The fourth-order valence-corrected chi connectivity index (χ4v) is 1.22. The summed E-state index contributed by atoms with van der Waals surface area (Å²) in [5.41, 5.74) is 1.54. The Balaban J connectivity index is 0.00000137. The number of benzene rings is 1. The van der Waals surface area contributed by atoms with E-state index in [0.29, 0.717) is 12.1 Å². The molecule has 98 valence electrons. The van der Waals surface area contributed by atoms with Gasteiger partial charge in [-0.3, -0.25) is 5.01 Å². The van der Waals surface area contributed by atoms with E-state index in [-0.39, 0.29) is 5.97 Å². The lowest BCUT2D eigenvalue weighted by Crippen LogP contribution is -2.08. The van der Waals surface area contributed by atoms with Gasteiger partial charge < -0.3 is 4.74 Å². The molecule has 0 saturated heterocycles. The molecule has 1 rings (SSSR count). The molecule has 0 amide bonds. The van der Waals surface area contributed by atoms with Crippen LogP contribution >= 0.6 is 0 Å². The van der Waals surface area contributed by atoms with Crippen LogP contribution in [0.1, 0.15) is 29.8 Å². The molecule has 1 aromatic rings. The van der Waals surface area contributed by atoms with Crippen molar-refractivity contribution in [2.45, 2.75) is 20.4 Å². The number of hydrazone groups is 1. The van der Waals surface area contributed by atoms with E-state index in [2.05, 4.69) is 23.1 Å². The van der Waals surface area contributed by atoms with Crippen molar-refractivity contribution in [3.8, 4) is 0 Å². The summed E-state index contributed by atoms with van der Waals surface area (Å²) in [6.45, 7) is 11.6. The Morgan fingerprint density at radius 1 is 1.39 bits per heavy atom. The fraction of sp³-hybridized carbons (Fsp3) is 0.286. The van der Waals surface area contributed by atoms with Crippen LogP contribution in [0.3, 0.4) is 0 Å². The molecule has 0 aromatic heterocycles. The largest absolute Gasteiger partial charge is 0.465 e. The molecule has 0 aliphatic carbocycles. The van der Waals surface area contributed by atoms with Crippen molar-refractivity contribution in [2.75, 3.05) is 7.11 Å². The van der Waals surface area contributed by atoms with E-state index in [1.807, 2.05) is 26.0 Å². The Kier molecular flexibility index (Phi) is 7.94. The molecule has 0 spiro atoms. The molecule has 0 bridgehead atoms. The molecule has 4 nitrogen and oxygen atoms in total. The number of nitrogens with zero attached hydrogens (tertiary/aromatic N) is 2. The quantitative estimate of drug-likeness (QED) is 0.457. The van der Waals surface area contributed by atoms with Crippen molar-refractivity contribution in [2.24, 2.45) is 5.10 Å². The molecular weight excluding hydrogens is 228 g/mol. The number of ether oxygens (including phenoxy) is 1. The first-order valence-corrected chi connectivity index (χ1v) is 5.74. The summed E-state index contributed by atoms with van der Waals surface area (Å²) >= 11 is 0. The third-order valence-electron chi connectivity index (χ3n) is 2.11. The maximum atomic E-state index is 11.2. The molecule has 1 aromatic carbocycles. The van der Waals surface area contributed by atoms with Crippen LogP contribution in [-0.2, 0) is 11.3 Å². The average Bonchev–Trinajstić information content (AvgIpc) is 2.46. The van der Waals surface area contributed by atoms with Crippen LogP contribution in [0.15, 0.2) is 42.1 Å². The number of rotatable bonds is 5. The van der Waals surface area contributed by atoms with Crippen LogP contribution in [0, 0.1) is 0 Å². The normalized spacial score (nSPS) is 8.61. The highest BCUT2D eigenvalue weighted by Gasteiger charge is 2.04. The van der Waals surface area contributed by atoms with Gasteiger partial charge in [-0.05, 0) is 17.7 Å². The number of carbonyl (C=O) groups is 1. The van der Waals surface area contributed by atoms with Crippen LogP contribution in [0.4, 0.5) is 0 Å². The lowest BCUT2D eigenvalue weighted by molar-refractivity contribution is 0.0600. The highest BCUT2D eigenvalue weighted by atomic mass is 16.5. The lowest BCUT2D eigenvalue weighted by Gasteiger charge is -2.12. The van der Waals surface area contributed by atoms with Crippen LogP contribution in [0.2, 0.25) is 0 Å². The molecule has 0 N–H and O–H groups in total. The van der Waals surface area contributed by atoms with E-state index in [1.165, 1.54) is 7.11 Å². The number of methoxy groups -OCH3 is 1. The van der Waals surface area contributed by atoms with Gasteiger partial charge >= 0.3 is 5.97 Å². The van der Waals surface area contributed by atoms with E-state index in [9.17, 15) is 4.79 Å². The Hall–Kier alpha value is -2.10. The third kappa shape index (κ3) is 4.82. The van der Waals surface area contributed by atoms with Gasteiger partial charge in [0.25, 0.3) is 0 Å². The minimum Gasteiger partial charge on any atom is -0.465 e. The van der Waals surface area contributed by atoms with Gasteiger partial charge in [0, 0.05) is 12.9 Å². The predicted molar refractivity (Wildman–Crippen MR) is 74.4 cm³/mol. The van der Waals surface area contributed by atoms with E-state index in [1.54, 1.807) is 23.3 Å². The summed E-state index contributed by atoms with van der Waals surface area (Å²) < 4.78 is 4.61. The third-order valence-corrected chi connectivity index (χ3v) is 2.11. The van der Waals surface area contributed by atoms with E-state index >= 15 is 0 Å². The number of carbonyl (C=O) groups excluding carboxylic acids is 1. The number of hydrogen-bond donors (Lipinski definition) is 0. The molecule has 0 atom stereocenters. The van der Waals surface area contributed by atoms with Crippen molar-refractivity contribution in [3.05, 3.63) is 48.2 Å². The van der Waals surface area contributed by atoms with Gasteiger partial charge in [-0.15, -0.1) is 0 Å². The van der Waals surface area contributed by atoms with Gasteiger partial charge in [0.05, 0.1) is 19.2 Å². The average molecular weight is 248 g/mol. The standard InChI is InChI=1S/C12H14N2O2.C2H6/c1-4-14(13-2)9-10-5-7-11(8-6-10)12(15)16-3;1-2/h4-8H,1-2,9H2,3H3;1-2H3. The van der Waals surface area contributed by atoms with E-state index in [0.717, 1.165) is 5.56 Å². The van der Waals surface area contributed by atoms with E-state index < -0.39 is 0 Å². The van der Waals surface area contributed by atoms with Gasteiger partial charge in [0.1, 0.15) is 0 Å². The first-order chi connectivity index (χ1) is 8.71. The molecule has 0 fully saturated rings. The molecular formula is C14H20N2O2. The minimum absolute atomic E-state index is 0.339.